The highest BCUT2D eigenvalue weighted by Crippen LogP contribution is 2.37. The maximum atomic E-state index is 11.3. The summed E-state index contributed by atoms with van der Waals surface area (Å²) < 4.78 is 4.74. The molecular formula is C12H17NO3S. The second-order valence-corrected chi connectivity index (χ2v) is 5.35. The molecular weight excluding hydrogens is 238 g/mol. The van der Waals surface area contributed by atoms with Crippen LogP contribution in [0.25, 0.3) is 0 Å². The van der Waals surface area contributed by atoms with E-state index in [1.807, 2.05) is 11.4 Å². The van der Waals surface area contributed by atoms with Gasteiger partial charge in [0.15, 0.2) is 0 Å². The first kappa shape index (κ1) is 12.5. The van der Waals surface area contributed by atoms with Crippen molar-refractivity contribution in [1.82, 2.24) is 5.32 Å². The monoisotopic (exact) mass is 255 g/mol. The molecule has 1 heterocycles. The van der Waals surface area contributed by atoms with Gasteiger partial charge in [0.25, 0.3) is 0 Å². The molecule has 0 aromatic carbocycles. The lowest BCUT2D eigenvalue weighted by atomic mass is 9.83. The van der Waals surface area contributed by atoms with Crippen molar-refractivity contribution in [3.8, 4) is 0 Å². The van der Waals surface area contributed by atoms with E-state index in [4.69, 9.17) is 4.74 Å². The number of amides is 1. The van der Waals surface area contributed by atoms with Crippen molar-refractivity contribution in [3.63, 3.8) is 0 Å². The molecule has 1 atom stereocenters. The molecule has 1 aromatic heterocycles. The van der Waals surface area contributed by atoms with Gasteiger partial charge in [0.05, 0.1) is 6.54 Å². The lowest BCUT2D eigenvalue weighted by Crippen LogP contribution is -2.43. The van der Waals surface area contributed by atoms with E-state index < -0.39 is 5.60 Å². The van der Waals surface area contributed by atoms with Crippen LogP contribution in [0.1, 0.15) is 23.3 Å². The largest absolute Gasteiger partial charge is 0.383 e. The molecule has 2 rings (SSSR count). The Hall–Kier alpha value is -0.910. The highest BCUT2D eigenvalue weighted by Gasteiger charge is 2.35. The Morgan fingerprint density at radius 3 is 3.29 bits per heavy atom. The standard InChI is InChI=1S/C12H17NO3S/c1-16-7-11(14)13-8-12(15)5-2-3-10-9(12)4-6-17-10/h4,6,15H,2-3,5,7-8H2,1H3,(H,13,14). The summed E-state index contributed by atoms with van der Waals surface area (Å²) in [5.41, 5.74) is 0.0724. The number of aryl methyl sites for hydroxylation is 1. The molecule has 17 heavy (non-hydrogen) atoms. The van der Waals surface area contributed by atoms with Gasteiger partial charge in [-0.3, -0.25) is 4.79 Å². The molecule has 4 nitrogen and oxygen atoms in total. The number of methoxy groups -OCH3 is 1. The van der Waals surface area contributed by atoms with E-state index in [1.165, 1.54) is 12.0 Å². The maximum absolute atomic E-state index is 11.3. The van der Waals surface area contributed by atoms with E-state index in [0.717, 1.165) is 18.4 Å². The van der Waals surface area contributed by atoms with Crippen molar-refractivity contribution < 1.29 is 14.6 Å². The van der Waals surface area contributed by atoms with Crippen molar-refractivity contribution in [3.05, 3.63) is 21.9 Å². The van der Waals surface area contributed by atoms with Crippen LogP contribution in [0.3, 0.4) is 0 Å². The fraction of sp³-hybridized carbons (Fsp3) is 0.583. The first-order valence-electron chi connectivity index (χ1n) is 5.70. The molecule has 0 bridgehead atoms. The van der Waals surface area contributed by atoms with Gasteiger partial charge < -0.3 is 15.2 Å². The third-order valence-electron chi connectivity index (χ3n) is 3.09. The predicted octanol–water partition coefficient (Wildman–Crippen LogP) is 1.03. The van der Waals surface area contributed by atoms with E-state index in [-0.39, 0.29) is 19.1 Å². The van der Waals surface area contributed by atoms with Gasteiger partial charge in [-0.05, 0) is 36.3 Å². The van der Waals surface area contributed by atoms with E-state index in [0.29, 0.717) is 6.42 Å². The van der Waals surface area contributed by atoms with Crippen LogP contribution in [-0.4, -0.2) is 31.3 Å². The first-order chi connectivity index (χ1) is 8.15. The molecule has 1 aliphatic carbocycles. The van der Waals surface area contributed by atoms with Crippen LogP contribution in [0.4, 0.5) is 0 Å². The molecule has 0 aliphatic heterocycles. The van der Waals surface area contributed by atoms with Crippen LogP contribution in [0.2, 0.25) is 0 Å². The number of nitrogens with one attached hydrogen (secondary N) is 1. The van der Waals surface area contributed by atoms with Gasteiger partial charge in [0.2, 0.25) is 5.91 Å². The summed E-state index contributed by atoms with van der Waals surface area (Å²) in [5, 5.41) is 15.3. The van der Waals surface area contributed by atoms with Crippen molar-refractivity contribution in [2.45, 2.75) is 24.9 Å². The number of hydrogen-bond donors (Lipinski definition) is 2. The summed E-state index contributed by atoms with van der Waals surface area (Å²) in [6.45, 7) is 0.297. The molecule has 0 radical (unpaired) electrons. The van der Waals surface area contributed by atoms with Gasteiger partial charge in [-0.2, -0.15) is 0 Å². The molecule has 2 N–H and O–H groups in total. The average molecular weight is 255 g/mol. The van der Waals surface area contributed by atoms with Crippen molar-refractivity contribution in [1.29, 1.82) is 0 Å². The van der Waals surface area contributed by atoms with Gasteiger partial charge in [-0.15, -0.1) is 11.3 Å². The fourth-order valence-electron chi connectivity index (χ4n) is 2.24. The predicted molar refractivity (Wildman–Crippen MR) is 66.0 cm³/mol. The summed E-state index contributed by atoms with van der Waals surface area (Å²) in [5.74, 6) is -0.191. The number of aliphatic hydroxyl groups is 1. The van der Waals surface area contributed by atoms with Crippen LogP contribution >= 0.6 is 11.3 Å². The van der Waals surface area contributed by atoms with Crippen molar-refractivity contribution in [2.75, 3.05) is 20.3 Å². The number of carbonyl (C=O) groups excluding carboxylic acids is 1. The minimum atomic E-state index is -0.906. The zero-order valence-electron chi connectivity index (χ0n) is 9.86. The second kappa shape index (κ2) is 5.16. The highest BCUT2D eigenvalue weighted by molar-refractivity contribution is 7.10. The van der Waals surface area contributed by atoms with E-state index >= 15 is 0 Å². The molecule has 5 heteroatoms. The zero-order chi connectivity index (χ0) is 12.3. The Balaban J connectivity index is 2.03. The quantitative estimate of drug-likeness (QED) is 0.845. The van der Waals surface area contributed by atoms with E-state index in [1.54, 1.807) is 11.3 Å². The Morgan fingerprint density at radius 1 is 1.71 bits per heavy atom. The molecule has 1 aliphatic rings. The first-order valence-corrected chi connectivity index (χ1v) is 6.58. The Morgan fingerprint density at radius 2 is 2.53 bits per heavy atom. The van der Waals surface area contributed by atoms with Gasteiger partial charge in [0.1, 0.15) is 12.2 Å². The number of ether oxygens (including phenoxy) is 1. The third-order valence-corrected chi connectivity index (χ3v) is 4.08. The summed E-state index contributed by atoms with van der Waals surface area (Å²) in [6.07, 6.45) is 2.69. The smallest absolute Gasteiger partial charge is 0.246 e. The van der Waals surface area contributed by atoms with E-state index in [2.05, 4.69) is 5.32 Å². The molecule has 94 valence electrons. The zero-order valence-corrected chi connectivity index (χ0v) is 10.7. The molecule has 0 saturated heterocycles. The van der Waals surface area contributed by atoms with Gasteiger partial charge in [-0.25, -0.2) is 0 Å². The lowest BCUT2D eigenvalue weighted by Gasteiger charge is -2.32. The maximum Gasteiger partial charge on any atom is 0.246 e. The van der Waals surface area contributed by atoms with Crippen molar-refractivity contribution >= 4 is 17.2 Å². The summed E-state index contributed by atoms with van der Waals surface area (Å²) in [7, 11) is 1.48. The summed E-state index contributed by atoms with van der Waals surface area (Å²) in [6, 6.07) is 1.96. The Bertz CT molecular complexity index is 404. The normalized spacial score (nSPS) is 23.2. The van der Waals surface area contributed by atoms with Crippen LogP contribution in [-0.2, 0) is 21.6 Å². The van der Waals surface area contributed by atoms with Gasteiger partial charge in [-0.1, -0.05) is 0 Å². The Kier molecular flexibility index (Phi) is 3.81. The minimum Gasteiger partial charge on any atom is -0.383 e. The van der Waals surface area contributed by atoms with Crippen LogP contribution in [0.5, 0.6) is 0 Å². The molecule has 1 aromatic rings. The average Bonchev–Trinajstić information content (AvgIpc) is 2.77. The van der Waals surface area contributed by atoms with Gasteiger partial charge in [0, 0.05) is 12.0 Å². The van der Waals surface area contributed by atoms with E-state index in [9.17, 15) is 9.90 Å². The van der Waals surface area contributed by atoms with Crippen LogP contribution < -0.4 is 5.32 Å². The van der Waals surface area contributed by atoms with Crippen LogP contribution in [0.15, 0.2) is 11.4 Å². The van der Waals surface area contributed by atoms with Gasteiger partial charge >= 0.3 is 0 Å². The molecule has 0 saturated carbocycles. The number of rotatable bonds is 4. The number of hydrogen-bond acceptors (Lipinski definition) is 4. The number of fused-ring (bicyclic) bond motifs is 1. The lowest BCUT2D eigenvalue weighted by molar-refractivity contribution is -0.126. The SMILES string of the molecule is COCC(=O)NCC1(O)CCCc2sccc21. The molecule has 0 spiro atoms. The molecule has 1 unspecified atom stereocenters. The summed E-state index contributed by atoms with van der Waals surface area (Å²) in [4.78, 5) is 12.6. The topological polar surface area (TPSA) is 58.6 Å². The fourth-order valence-corrected chi connectivity index (χ4v) is 3.25. The molecule has 1 amide bonds. The molecule has 0 fully saturated rings. The van der Waals surface area contributed by atoms with Crippen LogP contribution in [0, 0.1) is 0 Å². The summed E-state index contributed by atoms with van der Waals surface area (Å²) >= 11 is 1.67. The second-order valence-electron chi connectivity index (χ2n) is 4.35. The third kappa shape index (κ3) is 2.68. The highest BCUT2D eigenvalue weighted by atomic mass is 32.1. The minimum absolute atomic E-state index is 0.0343. The number of thiophene rings is 1. The Labute approximate surface area is 105 Å². The number of carbonyl (C=O) groups is 1. The van der Waals surface area contributed by atoms with Crippen molar-refractivity contribution in [2.24, 2.45) is 0 Å².